The van der Waals surface area contributed by atoms with Gasteiger partial charge in [-0.3, -0.25) is 4.79 Å². The summed E-state index contributed by atoms with van der Waals surface area (Å²) >= 11 is 0. The quantitative estimate of drug-likeness (QED) is 0.705. The van der Waals surface area contributed by atoms with Crippen LogP contribution in [0.2, 0.25) is 0 Å². The molecule has 0 saturated carbocycles. The van der Waals surface area contributed by atoms with Crippen LogP contribution >= 0.6 is 24.8 Å². The Kier molecular flexibility index (Phi) is 16.5. The number of unbranched alkanes of at least 4 members (excludes halogenated alkanes) is 2. The third-order valence-electron chi connectivity index (χ3n) is 1.73. The number of hydrogen-bond donors (Lipinski definition) is 1. The fraction of sp³-hybridized carbons (Fsp3) is 0.875. The number of nitrogens with two attached hydrogens (primary N) is 1. The zero-order chi connectivity index (χ0) is 7.98. The summed E-state index contributed by atoms with van der Waals surface area (Å²) in [4.78, 5) is 10.5. The van der Waals surface area contributed by atoms with E-state index >= 15 is 0 Å². The molecule has 0 aromatic heterocycles. The highest BCUT2D eigenvalue weighted by Gasteiger charge is 2.06. The fourth-order valence-electron chi connectivity index (χ4n) is 0.843. The van der Waals surface area contributed by atoms with Gasteiger partial charge in [-0.05, 0) is 6.42 Å². The number of hydrogen-bond acceptors (Lipinski definition) is 1. The van der Waals surface area contributed by atoms with Crippen LogP contribution in [-0.2, 0) is 4.79 Å². The predicted octanol–water partition coefficient (Wildman–Crippen LogP) is 2.53. The van der Waals surface area contributed by atoms with Crippen LogP contribution in [0.5, 0.6) is 0 Å². The number of carbonyl (C=O) groups excluding carboxylic acids is 1. The predicted molar refractivity (Wildman–Crippen MR) is 57.0 cm³/mol. The van der Waals surface area contributed by atoms with Crippen LogP contribution in [0.3, 0.4) is 0 Å². The molecule has 0 fully saturated rings. The van der Waals surface area contributed by atoms with Crippen molar-refractivity contribution in [1.82, 2.24) is 0 Å². The summed E-state index contributed by atoms with van der Waals surface area (Å²) in [6.07, 6.45) is 4.48. The van der Waals surface area contributed by atoms with Gasteiger partial charge in [0.1, 0.15) is 0 Å². The van der Waals surface area contributed by atoms with Crippen molar-refractivity contribution in [3.63, 3.8) is 0 Å². The number of rotatable bonds is 5. The third kappa shape index (κ3) is 10.0. The van der Waals surface area contributed by atoms with Crippen molar-refractivity contribution in [2.24, 2.45) is 11.7 Å². The fourth-order valence-corrected chi connectivity index (χ4v) is 0.843. The molecule has 0 aliphatic heterocycles. The van der Waals surface area contributed by atoms with E-state index in [2.05, 4.69) is 6.92 Å². The summed E-state index contributed by atoms with van der Waals surface area (Å²) in [5.74, 6) is -0.109. The molecule has 0 aliphatic carbocycles. The molecule has 2 nitrogen and oxygen atoms in total. The molecule has 0 aromatic carbocycles. The summed E-state index contributed by atoms with van der Waals surface area (Å²) in [5.41, 5.74) is 5.08. The first-order valence-corrected chi connectivity index (χ1v) is 3.97. The van der Waals surface area contributed by atoms with Crippen molar-refractivity contribution in [3.8, 4) is 0 Å². The Morgan fingerprint density at radius 2 is 1.83 bits per heavy atom. The van der Waals surface area contributed by atoms with E-state index in [1.807, 2.05) is 6.92 Å². The highest BCUT2D eigenvalue weighted by Crippen LogP contribution is 2.07. The molecular formula is C8H19Cl2NO. The van der Waals surface area contributed by atoms with E-state index in [-0.39, 0.29) is 36.6 Å². The normalized spacial score (nSPS) is 10.8. The smallest absolute Gasteiger partial charge is 0.220 e. The molecule has 12 heavy (non-hydrogen) atoms. The maximum absolute atomic E-state index is 10.5. The molecular weight excluding hydrogens is 197 g/mol. The molecule has 0 radical (unpaired) electrons. The van der Waals surface area contributed by atoms with Crippen molar-refractivity contribution in [3.05, 3.63) is 0 Å². The van der Waals surface area contributed by atoms with Gasteiger partial charge in [-0.2, -0.15) is 0 Å². The maximum atomic E-state index is 10.5. The number of carbonyl (C=O) groups is 1. The summed E-state index contributed by atoms with van der Waals surface area (Å²) in [6.45, 7) is 4.03. The second kappa shape index (κ2) is 11.1. The molecule has 1 amide bonds. The molecule has 76 valence electrons. The van der Waals surface area contributed by atoms with Crippen LogP contribution in [-0.4, -0.2) is 5.91 Å². The Labute approximate surface area is 87.1 Å². The van der Waals surface area contributed by atoms with Crippen LogP contribution in [0.1, 0.15) is 39.5 Å². The second-order valence-corrected chi connectivity index (χ2v) is 2.80. The van der Waals surface area contributed by atoms with Gasteiger partial charge in [-0.15, -0.1) is 24.8 Å². The third-order valence-corrected chi connectivity index (χ3v) is 1.73. The Morgan fingerprint density at radius 3 is 2.17 bits per heavy atom. The van der Waals surface area contributed by atoms with E-state index in [1.54, 1.807) is 0 Å². The van der Waals surface area contributed by atoms with E-state index in [0.29, 0.717) is 0 Å². The average Bonchev–Trinajstić information content (AvgIpc) is 1.88. The lowest BCUT2D eigenvalue weighted by Crippen LogP contribution is -2.20. The lowest BCUT2D eigenvalue weighted by atomic mass is 10.0. The Morgan fingerprint density at radius 1 is 1.33 bits per heavy atom. The van der Waals surface area contributed by atoms with Crippen molar-refractivity contribution in [1.29, 1.82) is 0 Å². The number of halogens is 2. The molecule has 0 spiro atoms. The molecule has 0 aliphatic rings. The Balaban J connectivity index is -0.000000405. The highest BCUT2D eigenvalue weighted by molar-refractivity contribution is 5.85. The number of amides is 1. The Hall–Kier alpha value is 0.0500. The monoisotopic (exact) mass is 215 g/mol. The minimum atomic E-state index is -0.170. The van der Waals surface area contributed by atoms with Gasteiger partial charge in [0.05, 0.1) is 0 Å². The largest absolute Gasteiger partial charge is 0.369 e. The summed E-state index contributed by atoms with van der Waals surface area (Å²) < 4.78 is 0. The molecule has 2 N–H and O–H groups in total. The van der Waals surface area contributed by atoms with Gasteiger partial charge in [0, 0.05) is 5.92 Å². The second-order valence-electron chi connectivity index (χ2n) is 2.80. The minimum absolute atomic E-state index is 0. The molecule has 0 saturated heterocycles. The molecule has 4 heteroatoms. The van der Waals surface area contributed by atoms with E-state index in [9.17, 15) is 4.79 Å². The van der Waals surface area contributed by atoms with Crippen molar-refractivity contribution in [2.45, 2.75) is 39.5 Å². The molecule has 0 aromatic rings. The topological polar surface area (TPSA) is 43.1 Å². The Bertz CT molecular complexity index is 109. The molecule has 0 heterocycles. The first kappa shape index (κ1) is 18.0. The molecule has 0 bridgehead atoms. The van der Waals surface area contributed by atoms with Gasteiger partial charge in [0.2, 0.25) is 5.91 Å². The lowest BCUT2D eigenvalue weighted by Gasteiger charge is -2.04. The van der Waals surface area contributed by atoms with Gasteiger partial charge in [0.25, 0.3) is 0 Å². The minimum Gasteiger partial charge on any atom is -0.369 e. The standard InChI is InChI=1S/C8H17NO.2ClH/c1-3-4-5-6-7(2)8(9)10;;/h7H,3-6H2,1-2H3,(H2,9,10);2*1H. The number of primary amides is 1. The maximum Gasteiger partial charge on any atom is 0.220 e. The van der Waals surface area contributed by atoms with E-state index in [1.165, 1.54) is 12.8 Å². The van der Waals surface area contributed by atoms with Crippen molar-refractivity contribution in [2.75, 3.05) is 0 Å². The van der Waals surface area contributed by atoms with Gasteiger partial charge in [-0.1, -0.05) is 33.1 Å². The summed E-state index contributed by atoms with van der Waals surface area (Å²) in [6, 6.07) is 0. The van der Waals surface area contributed by atoms with Crippen molar-refractivity contribution >= 4 is 30.7 Å². The van der Waals surface area contributed by atoms with Gasteiger partial charge < -0.3 is 5.73 Å². The first-order valence-electron chi connectivity index (χ1n) is 3.97. The average molecular weight is 216 g/mol. The lowest BCUT2D eigenvalue weighted by molar-refractivity contribution is -0.121. The summed E-state index contributed by atoms with van der Waals surface area (Å²) in [5, 5.41) is 0. The SMILES string of the molecule is CCCCCC(C)C(N)=O.Cl.Cl. The first-order chi connectivity index (χ1) is 4.68. The van der Waals surface area contributed by atoms with E-state index in [0.717, 1.165) is 12.8 Å². The van der Waals surface area contributed by atoms with Crippen molar-refractivity contribution < 1.29 is 4.79 Å². The van der Waals surface area contributed by atoms with E-state index < -0.39 is 0 Å². The van der Waals surface area contributed by atoms with Crippen LogP contribution in [0.4, 0.5) is 0 Å². The van der Waals surface area contributed by atoms with Gasteiger partial charge in [-0.25, -0.2) is 0 Å². The molecule has 1 unspecified atom stereocenters. The van der Waals surface area contributed by atoms with Crippen LogP contribution < -0.4 is 5.73 Å². The van der Waals surface area contributed by atoms with Crippen LogP contribution in [0, 0.1) is 5.92 Å². The zero-order valence-electron chi connectivity index (χ0n) is 7.71. The molecule has 0 rings (SSSR count). The zero-order valence-corrected chi connectivity index (χ0v) is 9.34. The summed E-state index contributed by atoms with van der Waals surface area (Å²) in [7, 11) is 0. The highest BCUT2D eigenvalue weighted by atomic mass is 35.5. The van der Waals surface area contributed by atoms with Gasteiger partial charge >= 0.3 is 0 Å². The van der Waals surface area contributed by atoms with E-state index in [4.69, 9.17) is 5.73 Å². The van der Waals surface area contributed by atoms with Crippen LogP contribution in [0.25, 0.3) is 0 Å². The molecule has 1 atom stereocenters. The van der Waals surface area contributed by atoms with Gasteiger partial charge in [0.15, 0.2) is 0 Å². The van der Waals surface area contributed by atoms with Crippen LogP contribution in [0.15, 0.2) is 0 Å².